The summed E-state index contributed by atoms with van der Waals surface area (Å²) in [5.74, 6) is 0. The molecule has 0 saturated carbocycles. The van der Waals surface area contributed by atoms with Gasteiger partial charge in [0, 0.05) is 0 Å². The van der Waals surface area contributed by atoms with E-state index in [1.54, 1.807) is 0 Å². The molecule has 0 saturated heterocycles. The second kappa shape index (κ2) is 7.75. The molecule has 3 aromatic rings. The molecule has 0 aliphatic carbocycles. The molecule has 3 aromatic carbocycles. The van der Waals surface area contributed by atoms with E-state index < -0.39 is 0 Å². The fourth-order valence-electron chi connectivity index (χ4n) is 2.07. The van der Waals surface area contributed by atoms with Gasteiger partial charge in [0.2, 0.25) is 0 Å². The predicted octanol–water partition coefficient (Wildman–Crippen LogP) is 4.14. The largest absolute Gasteiger partial charge is 0.0622 e. The smallest absolute Gasteiger partial charge is 0.0184 e. The van der Waals surface area contributed by atoms with Gasteiger partial charge in [-0.2, -0.15) is 0 Å². The normalized spacial score (nSPS) is 9.55. The van der Waals surface area contributed by atoms with Gasteiger partial charge in [0.05, 0.1) is 0 Å². The molecule has 0 unspecified atom stereocenters. The first-order chi connectivity index (χ1) is 9.75. The topological polar surface area (TPSA) is 0 Å². The van der Waals surface area contributed by atoms with Crippen molar-refractivity contribution in [3.8, 4) is 11.1 Å². The van der Waals surface area contributed by atoms with E-state index in [4.69, 9.17) is 0 Å². The van der Waals surface area contributed by atoms with E-state index in [0.717, 1.165) is 0 Å². The van der Waals surface area contributed by atoms with Crippen LogP contribution >= 0.6 is 0 Å². The Kier molecular flexibility index (Phi) is 5.68. The second-order valence-corrected chi connectivity index (χ2v) is 4.89. The summed E-state index contributed by atoms with van der Waals surface area (Å²) in [6.45, 7) is 2.10. The fraction of sp³-hybridized carbons (Fsp3) is 0.0526. The molecule has 0 nitrogen and oxygen atoms in total. The van der Waals surface area contributed by atoms with Gasteiger partial charge in [-0.15, -0.1) is 0 Å². The molecular weight excluding hydrogens is 235 g/mol. The minimum atomic E-state index is 1.28. The number of aryl methyl sites for hydroxylation is 1. The summed E-state index contributed by atoms with van der Waals surface area (Å²) in [7, 11) is 0. The average molecular weight is 252 g/mol. The Hall–Kier alpha value is -1.74. The summed E-state index contributed by atoms with van der Waals surface area (Å²) < 4.78 is 1.34. The molecule has 0 bridgehead atoms. The third kappa shape index (κ3) is 4.74. The minimum absolute atomic E-state index is 1.28. The Morgan fingerprint density at radius 3 is 1.45 bits per heavy atom. The van der Waals surface area contributed by atoms with Crippen LogP contribution in [0.2, 0.25) is 0 Å². The summed E-state index contributed by atoms with van der Waals surface area (Å²) in [4.78, 5) is 0. The predicted molar refractivity (Wildman–Crippen MR) is 88.4 cm³/mol. The van der Waals surface area contributed by atoms with Crippen LogP contribution in [0.5, 0.6) is 0 Å². The van der Waals surface area contributed by atoms with Crippen LogP contribution in [0.4, 0.5) is 0 Å². The maximum Gasteiger partial charge on any atom is -0.0184 e. The molecule has 0 N–H and O–H groups in total. The molecule has 1 heteroatoms. The van der Waals surface area contributed by atoms with Gasteiger partial charge in [-0.05, 0) is 11.1 Å². The molecule has 20 heavy (non-hydrogen) atoms. The zero-order chi connectivity index (χ0) is 14.2. The van der Waals surface area contributed by atoms with Crippen molar-refractivity contribution in [2.75, 3.05) is 0 Å². The van der Waals surface area contributed by atoms with Gasteiger partial charge < -0.3 is 0 Å². The van der Waals surface area contributed by atoms with Gasteiger partial charge in [-0.1, -0.05) is 60.7 Å². The van der Waals surface area contributed by atoms with Crippen LogP contribution in [0.1, 0.15) is 5.56 Å². The van der Waals surface area contributed by atoms with Crippen LogP contribution in [0, 0.1) is 6.92 Å². The van der Waals surface area contributed by atoms with Gasteiger partial charge in [0.15, 0.2) is 0 Å². The molecule has 0 fully saturated rings. The molecule has 0 aliphatic heterocycles. The zero-order valence-corrected chi connectivity index (χ0v) is 12.1. The van der Waals surface area contributed by atoms with Crippen molar-refractivity contribution in [1.82, 2.24) is 0 Å². The van der Waals surface area contributed by atoms with Crippen LogP contribution in [-0.4, -0.2) is 17.7 Å². The Morgan fingerprint density at radius 2 is 1.10 bits per heavy atom. The summed E-state index contributed by atoms with van der Waals surface area (Å²) >= 11 is 2.10. The minimum Gasteiger partial charge on any atom is -0.0622 e. The van der Waals surface area contributed by atoms with Crippen molar-refractivity contribution in [2.24, 2.45) is 0 Å². The molecule has 0 amide bonds. The Bertz CT molecular complexity index is 575. The summed E-state index contributed by atoms with van der Waals surface area (Å²) in [5.41, 5.74) is 3.89. The van der Waals surface area contributed by atoms with E-state index in [1.165, 1.54) is 20.9 Å². The molecule has 0 radical (unpaired) electrons. The Labute approximate surface area is 130 Å². The van der Waals surface area contributed by atoms with E-state index in [1.807, 2.05) is 12.1 Å². The maximum atomic E-state index is 2.17. The van der Waals surface area contributed by atoms with Crippen LogP contribution in [0.25, 0.3) is 11.1 Å². The van der Waals surface area contributed by atoms with Gasteiger partial charge in [-0.25, -0.2) is 0 Å². The maximum absolute atomic E-state index is 2.17. The van der Waals surface area contributed by atoms with Crippen LogP contribution in [0.15, 0.2) is 84.9 Å². The summed E-state index contributed by atoms with van der Waals surface area (Å²) in [6, 6.07) is 29.2. The molecule has 94 valence electrons. The monoisotopic (exact) mass is 252 g/mol. The third-order valence-corrected chi connectivity index (χ3v) is 3.05. The first-order valence-corrected chi connectivity index (χ1v) is 6.89. The molecular formula is C19H17Li. The van der Waals surface area contributed by atoms with E-state index in [0.29, 0.717) is 0 Å². The second-order valence-electron chi connectivity index (χ2n) is 4.89. The molecule has 0 spiro atoms. The molecule has 0 atom stereocenters. The number of hydrogen-bond donors (Lipinski definition) is 0. The molecule has 0 heterocycles. The zero-order valence-electron chi connectivity index (χ0n) is 12.1. The van der Waals surface area contributed by atoms with Gasteiger partial charge in [-0.3, -0.25) is 0 Å². The van der Waals surface area contributed by atoms with Gasteiger partial charge >= 0.3 is 58.7 Å². The van der Waals surface area contributed by atoms with Crippen molar-refractivity contribution in [3.05, 3.63) is 90.5 Å². The first-order valence-electron chi connectivity index (χ1n) is 6.89. The SMILES string of the molecule is [Li][c]1cccc(C)c1.c1ccc(-c2ccccc2)cc1. The number of benzene rings is 3. The Balaban J connectivity index is 0.000000160. The van der Waals surface area contributed by atoms with Gasteiger partial charge in [0.1, 0.15) is 0 Å². The first kappa shape index (κ1) is 14.7. The molecule has 3 rings (SSSR count). The van der Waals surface area contributed by atoms with Crippen molar-refractivity contribution in [3.63, 3.8) is 0 Å². The van der Waals surface area contributed by atoms with Crippen molar-refractivity contribution in [2.45, 2.75) is 6.92 Å². The quantitative estimate of drug-likeness (QED) is 0.571. The van der Waals surface area contributed by atoms with E-state index >= 15 is 0 Å². The van der Waals surface area contributed by atoms with Crippen molar-refractivity contribution >= 4 is 22.0 Å². The number of rotatable bonds is 1. The number of hydrogen-bond acceptors (Lipinski definition) is 0. The van der Waals surface area contributed by atoms with Crippen LogP contribution in [0.3, 0.4) is 0 Å². The van der Waals surface area contributed by atoms with E-state index in [9.17, 15) is 0 Å². The van der Waals surface area contributed by atoms with Crippen LogP contribution in [-0.2, 0) is 0 Å². The van der Waals surface area contributed by atoms with Crippen molar-refractivity contribution in [1.29, 1.82) is 0 Å². The molecule has 0 aliphatic rings. The Morgan fingerprint density at radius 1 is 0.600 bits per heavy atom. The van der Waals surface area contributed by atoms with E-state index in [2.05, 4.69) is 97.4 Å². The fourth-order valence-corrected chi connectivity index (χ4v) is 2.07. The van der Waals surface area contributed by atoms with Crippen LogP contribution < -0.4 is 4.24 Å². The van der Waals surface area contributed by atoms with Gasteiger partial charge in [0.25, 0.3) is 0 Å². The third-order valence-electron chi connectivity index (χ3n) is 3.05. The summed E-state index contributed by atoms with van der Waals surface area (Å²) in [5, 5.41) is 0. The van der Waals surface area contributed by atoms with E-state index in [-0.39, 0.29) is 0 Å². The molecule has 0 aromatic heterocycles. The average Bonchev–Trinajstić information content (AvgIpc) is 2.49. The van der Waals surface area contributed by atoms with Crippen molar-refractivity contribution < 1.29 is 0 Å². The summed E-state index contributed by atoms with van der Waals surface area (Å²) in [6.07, 6.45) is 0. The standard InChI is InChI=1S/C12H10.C7H7.Li/c1-3-7-11(8-4-1)12-9-5-2-6-10-12;1-7-5-3-2-4-6-7;/h1-10H;2-3,5-6H,1H3;.